The smallest absolute Gasteiger partial charge is 0.211 e. The molecule has 0 bridgehead atoms. The minimum Gasteiger partial charge on any atom is -0.391 e. The van der Waals surface area contributed by atoms with Crippen LogP contribution in [0.15, 0.2) is 47.5 Å². The van der Waals surface area contributed by atoms with Crippen molar-refractivity contribution in [1.82, 2.24) is 10.4 Å². The summed E-state index contributed by atoms with van der Waals surface area (Å²) in [5.74, 6) is 0.836. The largest absolute Gasteiger partial charge is 0.391 e. The summed E-state index contributed by atoms with van der Waals surface area (Å²) in [5.41, 5.74) is 4.20. The van der Waals surface area contributed by atoms with E-state index >= 15 is 0 Å². The molecule has 2 aliphatic heterocycles. The summed E-state index contributed by atoms with van der Waals surface area (Å²) >= 11 is 0. The van der Waals surface area contributed by atoms with Crippen molar-refractivity contribution >= 4 is 16.7 Å². The van der Waals surface area contributed by atoms with Gasteiger partial charge in [-0.25, -0.2) is 4.99 Å². The lowest BCUT2D eigenvalue weighted by atomic mass is 10.1. The summed E-state index contributed by atoms with van der Waals surface area (Å²) in [6.45, 7) is 3.67. The fraction of sp³-hybridized carbons (Fsp3) is 0.421. The molecule has 0 spiro atoms. The number of hydrogen-bond donors (Lipinski definition) is 1. The Bertz CT molecular complexity index is 707. The quantitative estimate of drug-likeness (QED) is 0.916. The third kappa shape index (κ3) is 3.38. The highest BCUT2D eigenvalue weighted by atomic mass is 16.7. The summed E-state index contributed by atoms with van der Waals surface area (Å²) in [4.78, 5) is 12.8. The predicted octanol–water partition coefficient (Wildman–Crippen LogP) is 3.65. The highest BCUT2D eigenvalue weighted by Crippen LogP contribution is 2.24. The van der Waals surface area contributed by atoms with E-state index in [4.69, 9.17) is 9.83 Å². The van der Waals surface area contributed by atoms with E-state index < -0.39 is 0 Å². The van der Waals surface area contributed by atoms with Crippen molar-refractivity contribution in [2.75, 3.05) is 19.6 Å². The third-order valence-corrected chi connectivity index (χ3v) is 4.71. The Balaban J connectivity index is 1.38. The van der Waals surface area contributed by atoms with Crippen LogP contribution >= 0.6 is 0 Å². The summed E-state index contributed by atoms with van der Waals surface area (Å²) in [6.07, 6.45) is 4.64. The fourth-order valence-corrected chi connectivity index (χ4v) is 3.42. The van der Waals surface area contributed by atoms with Crippen molar-refractivity contribution in [2.45, 2.75) is 31.8 Å². The molecule has 23 heavy (non-hydrogen) atoms. The molecular weight excluding hydrogens is 286 g/mol. The van der Waals surface area contributed by atoms with E-state index in [0.717, 1.165) is 30.8 Å². The molecule has 0 aromatic heterocycles. The lowest BCUT2D eigenvalue weighted by Crippen LogP contribution is -2.21. The molecule has 1 saturated heterocycles. The zero-order valence-electron chi connectivity index (χ0n) is 13.4. The number of nitrogens with zero attached hydrogens (tertiary/aromatic N) is 2. The first-order chi connectivity index (χ1) is 11.4. The van der Waals surface area contributed by atoms with Crippen LogP contribution in [0.5, 0.6) is 0 Å². The third-order valence-electron chi connectivity index (χ3n) is 4.71. The topological polar surface area (TPSA) is 36.9 Å². The first kappa shape index (κ1) is 14.7. The molecule has 4 rings (SSSR count). The number of aliphatic imine (C=N–C) groups is 1. The lowest BCUT2D eigenvalue weighted by Gasteiger charge is -2.13. The first-order valence-corrected chi connectivity index (χ1v) is 8.59. The van der Waals surface area contributed by atoms with Crippen molar-refractivity contribution < 1.29 is 4.84 Å². The summed E-state index contributed by atoms with van der Waals surface area (Å²) in [7, 11) is 0. The maximum atomic E-state index is 5.58. The van der Waals surface area contributed by atoms with Gasteiger partial charge >= 0.3 is 0 Å². The van der Waals surface area contributed by atoms with E-state index in [2.05, 4.69) is 52.8 Å². The number of fused-ring (bicyclic) bond motifs is 1. The van der Waals surface area contributed by atoms with Gasteiger partial charge in [0.05, 0.1) is 0 Å². The average Bonchev–Trinajstić information content (AvgIpc) is 3.26. The van der Waals surface area contributed by atoms with E-state index in [-0.39, 0.29) is 6.17 Å². The molecule has 0 unspecified atom stereocenters. The van der Waals surface area contributed by atoms with Gasteiger partial charge in [0, 0.05) is 6.42 Å². The second-order valence-electron chi connectivity index (χ2n) is 6.40. The molecule has 0 radical (unpaired) electrons. The van der Waals surface area contributed by atoms with Crippen LogP contribution in [0.1, 0.15) is 37.4 Å². The van der Waals surface area contributed by atoms with Crippen molar-refractivity contribution in [2.24, 2.45) is 4.99 Å². The van der Waals surface area contributed by atoms with Gasteiger partial charge < -0.3 is 9.74 Å². The molecule has 1 atom stereocenters. The Kier molecular flexibility index (Phi) is 4.26. The first-order valence-electron chi connectivity index (χ1n) is 8.59. The van der Waals surface area contributed by atoms with Gasteiger partial charge in [0.15, 0.2) is 6.17 Å². The maximum absolute atomic E-state index is 5.58. The predicted molar refractivity (Wildman–Crippen MR) is 93.3 cm³/mol. The van der Waals surface area contributed by atoms with Crippen LogP contribution in [0.2, 0.25) is 0 Å². The van der Waals surface area contributed by atoms with Gasteiger partial charge in [0.2, 0.25) is 5.90 Å². The van der Waals surface area contributed by atoms with Gasteiger partial charge in [-0.15, -0.1) is 5.48 Å². The number of nitrogens with one attached hydrogen (secondary N) is 1. The van der Waals surface area contributed by atoms with Crippen LogP contribution in [0.25, 0.3) is 10.8 Å². The lowest BCUT2D eigenvalue weighted by molar-refractivity contribution is 0.174. The molecule has 4 heteroatoms. The van der Waals surface area contributed by atoms with Crippen molar-refractivity contribution in [3.63, 3.8) is 0 Å². The SMILES string of the molecule is c1ccc2cc([C@H]3N=C(CCCN4CCCC4)ON3)ccc2c1. The number of likely N-dealkylation sites (tertiary alicyclic amines) is 1. The zero-order chi connectivity index (χ0) is 15.5. The monoisotopic (exact) mass is 309 g/mol. The molecule has 2 aromatic carbocycles. The molecule has 0 amide bonds. The highest BCUT2D eigenvalue weighted by molar-refractivity contribution is 5.83. The van der Waals surface area contributed by atoms with E-state index in [1.165, 1.54) is 36.7 Å². The van der Waals surface area contributed by atoms with Gasteiger partial charge in [0.1, 0.15) is 0 Å². The Morgan fingerprint density at radius 2 is 1.91 bits per heavy atom. The Morgan fingerprint density at radius 1 is 1.09 bits per heavy atom. The molecular formula is C19H23N3O. The normalized spacial score (nSPS) is 21.6. The second kappa shape index (κ2) is 6.69. The van der Waals surface area contributed by atoms with E-state index in [0.29, 0.717) is 0 Å². The molecule has 120 valence electrons. The van der Waals surface area contributed by atoms with Crippen LogP contribution in [0.3, 0.4) is 0 Å². The number of hydrogen-bond acceptors (Lipinski definition) is 4. The van der Waals surface area contributed by atoms with Crippen LogP contribution < -0.4 is 5.48 Å². The molecule has 4 nitrogen and oxygen atoms in total. The molecule has 1 fully saturated rings. The summed E-state index contributed by atoms with van der Waals surface area (Å²) in [6, 6.07) is 14.9. The minimum atomic E-state index is -0.0820. The number of rotatable bonds is 5. The molecule has 2 aromatic rings. The Hall–Kier alpha value is -1.91. The van der Waals surface area contributed by atoms with Crippen LogP contribution in [0.4, 0.5) is 0 Å². The Labute approximate surface area is 137 Å². The van der Waals surface area contributed by atoms with Crippen molar-refractivity contribution in [3.05, 3.63) is 48.0 Å². The van der Waals surface area contributed by atoms with Crippen molar-refractivity contribution in [3.8, 4) is 0 Å². The van der Waals surface area contributed by atoms with Crippen LogP contribution in [-0.2, 0) is 4.84 Å². The minimum absolute atomic E-state index is 0.0820. The molecule has 0 aliphatic carbocycles. The van der Waals surface area contributed by atoms with E-state index in [9.17, 15) is 0 Å². The number of hydroxylamine groups is 1. The van der Waals surface area contributed by atoms with Crippen molar-refractivity contribution in [1.29, 1.82) is 0 Å². The van der Waals surface area contributed by atoms with Gasteiger partial charge in [-0.1, -0.05) is 36.4 Å². The standard InChI is InChI=1S/C19H23N3O/c1-2-7-16-14-17(10-9-15(16)6-1)19-20-18(23-21-19)8-5-13-22-11-3-4-12-22/h1-2,6-7,9-10,14,19,21H,3-5,8,11-13H2/t19-/m0/s1. The summed E-state index contributed by atoms with van der Waals surface area (Å²) in [5, 5.41) is 2.49. The van der Waals surface area contributed by atoms with Gasteiger partial charge in [-0.05, 0) is 61.3 Å². The second-order valence-corrected chi connectivity index (χ2v) is 6.40. The average molecular weight is 309 g/mol. The highest BCUT2D eigenvalue weighted by Gasteiger charge is 2.20. The number of benzene rings is 2. The van der Waals surface area contributed by atoms with E-state index in [1.54, 1.807) is 0 Å². The van der Waals surface area contributed by atoms with E-state index in [1.807, 2.05) is 0 Å². The zero-order valence-corrected chi connectivity index (χ0v) is 13.4. The van der Waals surface area contributed by atoms with Crippen LogP contribution in [-0.4, -0.2) is 30.4 Å². The summed E-state index contributed by atoms with van der Waals surface area (Å²) < 4.78 is 0. The molecule has 1 N–H and O–H groups in total. The molecule has 2 aliphatic rings. The van der Waals surface area contributed by atoms with Gasteiger partial charge in [-0.3, -0.25) is 0 Å². The van der Waals surface area contributed by atoms with Gasteiger partial charge in [0.25, 0.3) is 0 Å². The molecule has 2 heterocycles. The van der Waals surface area contributed by atoms with Crippen LogP contribution in [0, 0.1) is 0 Å². The maximum Gasteiger partial charge on any atom is 0.211 e. The van der Waals surface area contributed by atoms with Gasteiger partial charge in [-0.2, -0.15) is 0 Å². The fourth-order valence-electron chi connectivity index (χ4n) is 3.42. The Morgan fingerprint density at radius 3 is 2.78 bits per heavy atom. The molecule has 0 saturated carbocycles.